The second-order valence-corrected chi connectivity index (χ2v) is 4.77. The summed E-state index contributed by atoms with van der Waals surface area (Å²) in [4.78, 5) is 23.5. The smallest absolute Gasteiger partial charge is 0.387 e. The van der Waals surface area contributed by atoms with E-state index in [9.17, 15) is 22.8 Å². The van der Waals surface area contributed by atoms with Crippen molar-refractivity contribution in [1.82, 2.24) is 0 Å². The van der Waals surface area contributed by atoms with E-state index in [0.29, 0.717) is 0 Å². The van der Waals surface area contributed by atoms with Crippen LogP contribution in [-0.4, -0.2) is 24.3 Å². The Hall–Kier alpha value is -2.51. The number of hydrogen-bond donors (Lipinski definition) is 0. The van der Waals surface area contributed by atoms with Crippen molar-refractivity contribution in [3.63, 3.8) is 0 Å². The number of carbonyl (C=O) groups excluding carboxylic acids is 2. The Kier molecular flexibility index (Phi) is 4.11. The van der Waals surface area contributed by atoms with Crippen LogP contribution in [0.4, 0.5) is 13.2 Å². The van der Waals surface area contributed by atoms with Crippen molar-refractivity contribution in [2.75, 3.05) is 0 Å². The summed E-state index contributed by atoms with van der Waals surface area (Å²) in [5, 5.41) is 0. The summed E-state index contributed by atoms with van der Waals surface area (Å²) in [6, 6.07) is 3.32. The SMILES string of the molecule is CC1(C)OC(=O)C(=Cc2cccc(F)c2OC(F)F)C(=O)O1. The Labute approximate surface area is 123 Å². The van der Waals surface area contributed by atoms with Crippen molar-refractivity contribution < 1.29 is 37.0 Å². The molecule has 0 aromatic heterocycles. The number of cyclic esters (lactones) is 2. The molecule has 2 rings (SSSR count). The zero-order valence-electron chi connectivity index (χ0n) is 11.6. The second-order valence-electron chi connectivity index (χ2n) is 4.77. The van der Waals surface area contributed by atoms with Gasteiger partial charge in [-0.15, -0.1) is 0 Å². The molecular weight excluding hydrogens is 305 g/mol. The van der Waals surface area contributed by atoms with Gasteiger partial charge in [0.05, 0.1) is 0 Å². The highest BCUT2D eigenvalue weighted by Gasteiger charge is 2.39. The number of alkyl halides is 2. The van der Waals surface area contributed by atoms with Gasteiger partial charge in [0.1, 0.15) is 5.57 Å². The standard InChI is InChI=1S/C14H11F3O5/c1-14(2)21-11(18)8(12(19)22-14)6-7-4-3-5-9(15)10(7)20-13(16)17/h3-6,13H,1-2H3. The molecule has 0 N–H and O–H groups in total. The number of carbonyl (C=O) groups is 2. The van der Waals surface area contributed by atoms with Crippen LogP contribution in [-0.2, 0) is 19.1 Å². The minimum Gasteiger partial charge on any atom is -0.431 e. The number of para-hydroxylation sites is 1. The number of ether oxygens (including phenoxy) is 3. The molecular formula is C14H11F3O5. The molecule has 8 heteroatoms. The van der Waals surface area contributed by atoms with E-state index in [1.165, 1.54) is 26.0 Å². The third-order valence-electron chi connectivity index (χ3n) is 2.62. The molecule has 1 aliphatic rings. The number of esters is 2. The van der Waals surface area contributed by atoms with Crippen LogP contribution in [0.2, 0.25) is 0 Å². The summed E-state index contributed by atoms with van der Waals surface area (Å²) in [5.41, 5.74) is -0.770. The molecule has 1 aromatic carbocycles. The van der Waals surface area contributed by atoms with Gasteiger partial charge in [-0.05, 0) is 12.1 Å². The zero-order valence-corrected chi connectivity index (χ0v) is 11.6. The number of halogens is 3. The minimum atomic E-state index is -3.27. The molecule has 1 fully saturated rings. The summed E-state index contributed by atoms with van der Waals surface area (Å²) in [7, 11) is 0. The number of benzene rings is 1. The highest BCUT2D eigenvalue weighted by atomic mass is 19.3. The molecule has 1 aromatic rings. The molecule has 0 bridgehead atoms. The molecule has 5 nitrogen and oxygen atoms in total. The lowest BCUT2D eigenvalue weighted by atomic mass is 10.1. The second kappa shape index (κ2) is 5.70. The summed E-state index contributed by atoms with van der Waals surface area (Å²) in [6.07, 6.45) is 0.876. The Morgan fingerprint density at radius 1 is 1.18 bits per heavy atom. The molecule has 22 heavy (non-hydrogen) atoms. The van der Waals surface area contributed by atoms with Gasteiger partial charge in [-0.2, -0.15) is 8.78 Å². The lowest BCUT2D eigenvalue weighted by Crippen LogP contribution is -2.41. The molecule has 0 aliphatic carbocycles. The fourth-order valence-corrected chi connectivity index (χ4v) is 1.79. The summed E-state index contributed by atoms with van der Waals surface area (Å²) >= 11 is 0. The summed E-state index contributed by atoms with van der Waals surface area (Å²) in [5.74, 6) is -5.29. The van der Waals surface area contributed by atoms with E-state index in [1.807, 2.05) is 0 Å². The van der Waals surface area contributed by atoms with E-state index < -0.39 is 41.5 Å². The molecule has 0 unspecified atom stereocenters. The van der Waals surface area contributed by atoms with Crippen molar-refractivity contribution >= 4 is 18.0 Å². The third-order valence-corrected chi connectivity index (χ3v) is 2.62. The zero-order chi connectivity index (χ0) is 16.5. The minimum absolute atomic E-state index is 0.219. The maximum atomic E-state index is 13.6. The van der Waals surface area contributed by atoms with E-state index in [0.717, 1.165) is 12.1 Å². The van der Waals surface area contributed by atoms with Gasteiger partial charge in [0.15, 0.2) is 11.6 Å². The van der Waals surface area contributed by atoms with Gasteiger partial charge >= 0.3 is 18.6 Å². The Bertz CT molecular complexity index is 630. The van der Waals surface area contributed by atoms with Crippen LogP contribution in [0.5, 0.6) is 5.75 Å². The molecule has 0 spiro atoms. The lowest BCUT2D eigenvalue weighted by molar-refractivity contribution is -0.222. The van der Waals surface area contributed by atoms with Crippen LogP contribution in [0.25, 0.3) is 6.08 Å². The largest absolute Gasteiger partial charge is 0.431 e. The van der Waals surface area contributed by atoms with Crippen molar-refractivity contribution in [3.05, 3.63) is 35.2 Å². The maximum Gasteiger partial charge on any atom is 0.387 e. The first kappa shape index (κ1) is 15.9. The van der Waals surface area contributed by atoms with E-state index in [1.54, 1.807) is 0 Å². The fourth-order valence-electron chi connectivity index (χ4n) is 1.79. The van der Waals surface area contributed by atoms with E-state index >= 15 is 0 Å². The van der Waals surface area contributed by atoms with Crippen LogP contribution in [0, 0.1) is 5.82 Å². The van der Waals surface area contributed by atoms with Crippen molar-refractivity contribution in [1.29, 1.82) is 0 Å². The average molecular weight is 316 g/mol. The normalized spacial score (nSPS) is 17.1. The molecule has 118 valence electrons. The van der Waals surface area contributed by atoms with Gasteiger partial charge in [-0.1, -0.05) is 12.1 Å². The topological polar surface area (TPSA) is 61.8 Å². The summed E-state index contributed by atoms with van der Waals surface area (Å²) in [6.45, 7) is -0.557. The Morgan fingerprint density at radius 3 is 2.32 bits per heavy atom. The van der Waals surface area contributed by atoms with Crippen LogP contribution < -0.4 is 4.74 Å². The average Bonchev–Trinajstić information content (AvgIpc) is 2.36. The van der Waals surface area contributed by atoms with Gasteiger partial charge in [-0.25, -0.2) is 14.0 Å². The fraction of sp³-hybridized carbons (Fsp3) is 0.286. The van der Waals surface area contributed by atoms with Gasteiger partial charge < -0.3 is 14.2 Å². The number of hydrogen-bond acceptors (Lipinski definition) is 5. The monoisotopic (exact) mass is 316 g/mol. The Morgan fingerprint density at radius 2 is 1.77 bits per heavy atom. The van der Waals surface area contributed by atoms with Crippen LogP contribution in [0.3, 0.4) is 0 Å². The van der Waals surface area contributed by atoms with E-state index in [-0.39, 0.29) is 5.56 Å². The van der Waals surface area contributed by atoms with E-state index in [2.05, 4.69) is 4.74 Å². The molecule has 1 aliphatic heterocycles. The first-order chi connectivity index (χ1) is 10.2. The first-order valence-electron chi connectivity index (χ1n) is 6.11. The molecule has 1 heterocycles. The molecule has 0 radical (unpaired) electrons. The predicted octanol–water partition coefficient (Wildman–Crippen LogP) is 2.65. The number of rotatable bonds is 3. The van der Waals surface area contributed by atoms with Gasteiger partial charge in [0.25, 0.3) is 5.79 Å². The summed E-state index contributed by atoms with van der Waals surface area (Å²) < 4.78 is 52.0. The van der Waals surface area contributed by atoms with Crippen LogP contribution in [0.1, 0.15) is 19.4 Å². The van der Waals surface area contributed by atoms with Gasteiger partial charge in [0, 0.05) is 19.4 Å². The van der Waals surface area contributed by atoms with Crippen LogP contribution >= 0.6 is 0 Å². The van der Waals surface area contributed by atoms with Gasteiger partial charge in [0.2, 0.25) is 0 Å². The molecule has 0 saturated carbocycles. The van der Waals surface area contributed by atoms with Crippen molar-refractivity contribution in [2.45, 2.75) is 26.2 Å². The predicted molar refractivity (Wildman–Crippen MR) is 67.3 cm³/mol. The quantitative estimate of drug-likeness (QED) is 0.487. The molecule has 1 saturated heterocycles. The maximum absolute atomic E-state index is 13.6. The lowest BCUT2D eigenvalue weighted by Gasteiger charge is -2.29. The highest BCUT2D eigenvalue weighted by molar-refractivity contribution is 6.19. The Balaban J connectivity index is 2.43. The van der Waals surface area contributed by atoms with Crippen molar-refractivity contribution in [3.8, 4) is 5.75 Å². The van der Waals surface area contributed by atoms with Crippen LogP contribution in [0.15, 0.2) is 23.8 Å². The van der Waals surface area contributed by atoms with Crippen molar-refractivity contribution in [2.24, 2.45) is 0 Å². The molecule has 0 amide bonds. The molecule has 0 atom stereocenters. The van der Waals surface area contributed by atoms with Gasteiger partial charge in [-0.3, -0.25) is 0 Å². The highest BCUT2D eigenvalue weighted by Crippen LogP contribution is 2.29. The first-order valence-corrected chi connectivity index (χ1v) is 6.11. The van der Waals surface area contributed by atoms with E-state index in [4.69, 9.17) is 9.47 Å². The third kappa shape index (κ3) is 3.38.